The van der Waals surface area contributed by atoms with Crippen LogP contribution in [0.2, 0.25) is 0 Å². The van der Waals surface area contributed by atoms with Crippen LogP contribution in [0.3, 0.4) is 0 Å². The minimum Gasteiger partial charge on any atom is -0.408 e. The topological polar surface area (TPSA) is 124 Å². The van der Waals surface area contributed by atoms with Gasteiger partial charge in [0.15, 0.2) is 5.58 Å². The Bertz CT molecular complexity index is 1050. The van der Waals surface area contributed by atoms with Crippen molar-refractivity contribution in [2.75, 3.05) is 0 Å². The smallest absolute Gasteiger partial charge is 0.408 e. The highest BCUT2D eigenvalue weighted by Crippen LogP contribution is 2.49. The van der Waals surface area contributed by atoms with Crippen LogP contribution in [0.5, 0.6) is 0 Å². The first-order valence-electron chi connectivity index (χ1n) is 9.18. The van der Waals surface area contributed by atoms with Gasteiger partial charge in [0.1, 0.15) is 6.54 Å². The fourth-order valence-corrected chi connectivity index (χ4v) is 5.36. The van der Waals surface area contributed by atoms with Crippen molar-refractivity contribution >= 4 is 27.0 Å². The molecule has 1 aromatic heterocycles. The molecule has 146 valence electrons. The molecule has 0 unspecified atom stereocenters. The lowest BCUT2D eigenvalue weighted by atomic mass is 9.84. The van der Waals surface area contributed by atoms with E-state index in [0.29, 0.717) is 17.4 Å². The number of carbonyl (C=O) groups is 1. The molecule has 2 aliphatic rings. The average Bonchev–Trinajstić information content (AvgIpc) is 3.28. The lowest BCUT2D eigenvalue weighted by Crippen LogP contribution is -2.42. The maximum absolute atomic E-state index is 12.5. The van der Waals surface area contributed by atoms with E-state index in [1.165, 1.54) is 42.0 Å². The summed E-state index contributed by atoms with van der Waals surface area (Å²) in [4.78, 5) is 24.4. The number of rotatable bonds is 5. The van der Waals surface area contributed by atoms with Gasteiger partial charge in [-0.15, -0.1) is 0 Å². The van der Waals surface area contributed by atoms with Crippen molar-refractivity contribution in [3.8, 4) is 0 Å². The van der Waals surface area contributed by atoms with Crippen LogP contribution in [-0.2, 0) is 21.4 Å². The summed E-state index contributed by atoms with van der Waals surface area (Å²) in [6.45, 7) is 1.85. The van der Waals surface area contributed by atoms with Gasteiger partial charge in [0.05, 0.1) is 10.4 Å². The molecule has 2 bridgehead atoms. The molecule has 0 aliphatic heterocycles. The predicted molar refractivity (Wildman–Crippen MR) is 98.4 cm³/mol. The van der Waals surface area contributed by atoms with E-state index in [0.717, 1.165) is 12.3 Å². The fourth-order valence-electron chi connectivity index (χ4n) is 4.83. The summed E-state index contributed by atoms with van der Waals surface area (Å²) < 4.78 is 29.2. The van der Waals surface area contributed by atoms with Gasteiger partial charge in [-0.1, -0.05) is 6.42 Å². The van der Waals surface area contributed by atoms with Gasteiger partial charge in [0.2, 0.25) is 15.9 Å². The van der Waals surface area contributed by atoms with Crippen molar-refractivity contribution in [1.29, 1.82) is 0 Å². The Kier molecular flexibility index (Phi) is 4.38. The minimum absolute atomic E-state index is 0.0654. The van der Waals surface area contributed by atoms with Gasteiger partial charge >= 0.3 is 5.76 Å². The Morgan fingerprint density at radius 1 is 1.37 bits per heavy atom. The number of aromatic nitrogens is 1. The Morgan fingerprint density at radius 2 is 2.15 bits per heavy atom. The van der Waals surface area contributed by atoms with Gasteiger partial charge in [-0.05, 0) is 56.1 Å². The van der Waals surface area contributed by atoms with Crippen LogP contribution in [0, 0.1) is 17.8 Å². The second kappa shape index (κ2) is 6.49. The normalized spacial score (nSPS) is 25.8. The zero-order chi connectivity index (χ0) is 19.3. The minimum atomic E-state index is -3.90. The zero-order valence-electron chi connectivity index (χ0n) is 15.1. The standard InChI is InChI=1S/C18H23N3O5S/c1-10(14-7-11-2-3-12(14)6-11)20-17(22)9-21-15-5-4-13(27(19,24)25)8-16(15)26-18(21)23/h4-5,8,10-12,14H,2-3,6-7,9H2,1H3,(H,20,22)(H2,19,24,25)/t10-,11+,12+,14-/m1/s1. The summed E-state index contributed by atoms with van der Waals surface area (Å²) in [5.41, 5.74) is 0.440. The van der Waals surface area contributed by atoms with Crippen LogP contribution in [0.15, 0.2) is 32.3 Å². The number of hydrogen-bond acceptors (Lipinski definition) is 5. The number of nitrogens with zero attached hydrogens (tertiary/aromatic N) is 1. The van der Waals surface area contributed by atoms with E-state index in [1.807, 2.05) is 6.92 Å². The molecule has 2 saturated carbocycles. The molecule has 1 aromatic carbocycles. The highest BCUT2D eigenvalue weighted by atomic mass is 32.2. The molecule has 1 heterocycles. The van der Waals surface area contributed by atoms with Crippen LogP contribution >= 0.6 is 0 Å². The van der Waals surface area contributed by atoms with E-state index < -0.39 is 15.8 Å². The predicted octanol–water partition coefficient (Wildman–Crippen LogP) is 1.18. The monoisotopic (exact) mass is 393 g/mol. The number of oxazole rings is 1. The van der Waals surface area contributed by atoms with Crippen LogP contribution in [0.4, 0.5) is 0 Å². The first-order valence-corrected chi connectivity index (χ1v) is 10.7. The van der Waals surface area contributed by atoms with Crippen LogP contribution < -0.4 is 16.2 Å². The molecule has 3 N–H and O–H groups in total. The lowest BCUT2D eigenvalue weighted by molar-refractivity contribution is -0.122. The highest BCUT2D eigenvalue weighted by Gasteiger charge is 2.42. The summed E-state index contributed by atoms with van der Waals surface area (Å²) in [6, 6.07) is 3.97. The second-order valence-electron chi connectivity index (χ2n) is 7.82. The molecule has 4 rings (SSSR count). The Labute approximate surface area is 156 Å². The van der Waals surface area contributed by atoms with Crippen molar-refractivity contribution in [2.45, 2.75) is 50.1 Å². The van der Waals surface area contributed by atoms with Gasteiger partial charge < -0.3 is 9.73 Å². The fraction of sp³-hybridized carbons (Fsp3) is 0.556. The van der Waals surface area contributed by atoms with Gasteiger partial charge in [-0.2, -0.15) is 0 Å². The Morgan fingerprint density at radius 3 is 2.78 bits per heavy atom. The van der Waals surface area contributed by atoms with Crippen molar-refractivity contribution in [3.05, 3.63) is 28.7 Å². The number of amides is 1. The molecule has 0 saturated heterocycles. The van der Waals surface area contributed by atoms with E-state index in [1.54, 1.807) is 0 Å². The number of nitrogens with one attached hydrogen (secondary N) is 1. The van der Waals surface area contributed by atoms with Gasteiger partial charge in [-0.25, -0.2) is 18.4 Å². The molecular weight excluding hydrogens is 370 g/mol. The number of benzene rings is 1. The number of primary sulfonamides is 1. The van der Waals surface area contributed by atoms with E-state index in [4.69, 9.17) is 9.56 Å². The third kappa shape index (κ3) is 3.41. The third-order valence-corrected chi connectivity index (χ3v) is 7.00. The number of sulfonamides is 1. The summed E-state index contributed by atoms with van der Waals surface area (Å²) in [5.74, 6) is 1.03. The SMILES string of the molecule is C[C@@H](NC(=O)Cn1c(=O)oc2cc(S(N)(=O)=O)ccc21)[C@H]1C[C@H]2CC[C@H]1C2. The first-order chi connectivity index (χ1) is 12.7. The number of fused-ring (bicyclic) bond motifs is 3. The maximum atomic E-state index is 12.5. The first kappa shape index (κ1) is 18.2. The van der Waals surface area contributed by atoms with Crippen LogP contribution in [0.25, 0.3) is 11.1 Å². The van der Waals surface area contributed by atoms with Crippen molar-refractivity contribution in [2.24, 2.45) is 22.9 Å². The number of carbonyl (C=O) groups excluding carboxylic acids is 1. The number of hydrogen-bond donors (Lipinski definition) is 2. The second-order valence-corrected chi connectivity index (χ2v) is 9.38. The summed E-state index contributed by atoms with van der Waals surface area (Å²) in [7, 11) is -3.90. The van der Waals surface area contributed by atoms with E-state index in [-0.39, 0.29) is 29.0 Å². The summed E-state index contributed by atoms with van der Waals surface area (Å²) in [6.07, 6.45) is 4.98. The van der Waals surface area contributed by atoms with Crippen molar-refractivity contribution in [1.82, 2.24) is 9.88 Å². The van der Waals surface area contributed by atoms with E-state index >= 15 is 0 Å². The van der Waals surface area contributed by atoms with Crippen LogP contribution in [-0.4, -0.2) is 24.9 Å². The molecule has 2 aliphatic carbocycles. The van der Waals surface area contributed by atoms with Gasteiger partial charge in [-0.3, -0.25) is 9.36 Å². The molecular formula is C18H23N3O5S. The molecule has 27 heavy (non-hydrogen) atoms. The quantitative estimate of drug-likeness (QED) is 0.789. The molecule has 9 heteroatoms. The average molecular weight is 393 g/mol. The largest absolute Gasteiger partial charge is 0.420 e. The zero-order valence-corrected chi connectivity index (χ0v) is 15.9. The highest BCUT2D eigenvalue weighted by molar-refractivity contribution is 7.89. The maximum Gasteiger partial charge on any atom is 0.420 e. The summed E-state index contributed by atoms with van der Waals surface area (Å²) >= 11 is 0. The van der Waals surface area contributed by atoms with E-state index in [9.17, 15) is 18.0 Å². The summed E-state index contributed by atoms with van der Waals surface area (Å²) in [5, 5.41) is 8.11. The third-order valence-electron chi connectivity index (χ3n) is 6.09. The number of nitrogens with two attached hydrogens (primary N) is 1. The molecule has 2 fully saturated rings. The molecule has 2 aromatic rings. The Hall–Kier alpha value is -2.13. The van der Waals surface area contributed by atoms with Crippen molar-refractivity contribution in [3.63, 3.8) is 0 Å². The Balaban J connectivity index is 1.50. The molecule has 0 spiro atoms. The molecule has 1 amide bonds. The molecule has 0 radical (unpaired) electrons. The van der Waals surface area contributed by atoms with Gasteiger partial charge in [0, 0.05) is 12.1 Å². The van der Waals surface area contributed by atoms with E-state index in [2.05, 4.69) is 5.32 Å². The lowest BCUT2D eigenvalue weighted by Gasteiger charge is -2.28. The van der Waals surface area contributed by atoms with Crippen LogP contribution in [0.1, 0.15) is 32.6 Å². The van der Waals surface area contributed by atoms with Gasteiger partial charge in [0.25, 0.3) is 0 Å². The molecule has 8 nitrogen and oxygen atoms in total. The molecule has 4 atom stereocenters. The van der Waals surface area contributed by atoms with Crippen molar-refractivity contribution < 1.29 is 17.6 Å².